The molecule has 1 saturated carbocycles. The molecule has 2 nitrogen and oxygen atoms in total. The molecule has 1 aliphatic heterocycles. The zero-order valence-electron chi connectivity index (χ0n) is 14.6. The molecule has 0 spiro atoms. The Labute approximate surface area is 145 Å². The van der Waals surface area contributed by atoms with E-state index in [1.165, 1.54) is 30.4 Å². The predicted octanol–water partition coefficient (Wildman–Crippen LogP) is 4.39. The van der Waals surface area contributed by atoms with E-state index in [1.54, 1.807) is 0 Å². The molecule has 126 valence electrons. The molecule has 0 unspecified atom stereocenters. The van der Waals surface area contributed by atoms with E-state index in [4.69, 9.17) is 0 Å². The fourth-order valence-electron chi connectivity index (χ4n) is 4.87. The molecule has 0 radical (unpaired) electrons. The van der Waals surface area contributed by atoms with Crippen LogP contribution in [0.1, 0.15) is 43.4 Å². The molecule has 1 heterocycles. The standard InChI is InChI=1S/C22H28N2/c1-17(19-10-6-3-7-11-19)24-21-13-12-20(14-21)22(24)16-23-15-18-8-4-2-5-9-18/h2-11,17,20-23H,12-16H2,1H3/t17-,20+,21-,22+/m0/s1. The summed E-state index contributed by atoms with van der Waals surface area (Å²) in [7, 11) is 0. The van der Waals surface area contributed by atoms with Crippen LogP contribution in [-0.2, 0) is 6.54 Å². The first-order valence-corrected chi connectivity index (χ1v) is 9.40. The number of fused-ring (bicyclic) bond motifs is 2. The number of piperidine rings is 1. The molecule has 1 N–H and O–H groups in total. The zero-order chi connectivity index (χ0) is 16.4. The highest BCUT2D eigenvalue weighted by Crippen LogP contribution is 2.46. The van der Waals surface area contributed by atoms with Gasteiger partial charge in [-0.1, -0.05) is 60.7 Å². The lowest BCUT2D eigenvalue weighted by Crippen LogP contribution is -2.47. The molecule has 2 aromatic carbocycles. The van der Waals surface area contributed by atoms with Crippen molar-refractivity contribution in [2.24, 2.45) is 5.92 Å². The van der Waals surface area contributed by atoms with Gasteiger partial charge in [-0.3, -0.25) is 4.90 Å². The molecule has 2 aliphatic rings. The van der Waals surface area contributed by atoms with Gasteiger partial charge in [-0.25, -0.2) is 0 Å². The van der Waals surface area contributed by atoms with Gasteiger partial charge in [0, 0.05) is 31.2 Å². The minimum absolute atomic E-state index is 0.519. The van der Waals surface area contributed by atoms with Gasteiger partial charge in [0.05, 0.1) is 0 Å². The van der Waals surface area contributed by atoms with Crippen molar-refractivity contribution in [3.63, 3.8) is 0 Å². The molecular formula is C22H28N2. The van der Waals surface area contributed by atoms with E-state index in [0.717, 1.165) is 25.0 Å². The number of hydrogen-bond acceptors (Lipinski definition) is 2. The lowest BCUT2D eigenvalue weighted by molar-refractivity contribution is 0.0926. The van der Waals surface area contributed by atoms with Crippen LogP contribution in [0.2, 0.25) is 0 Å². The van der Waals surface area contributed by atoms with Gasteiger partial charge >= 0.3 is 0 Å². The molecular weight excluding hydrogens is 292 g/mol. The number of hydrogen-bond donors (Lipinski definition) is 1. The molecule has 24 heavy (non-hydrogen) atoms. The molecule has 2 aromatic rings. The second kappa shape index (κ2) is 7.08. The predicted molar refractivity (Wildman–Crippen MR) is 99.8 cm³/mol. The molecule has 2 bridgehead atoms. The lowest BCUT2D eigenvalue weighted by atomic mass is 9.95. The average Bonchev–Trinajstić information content (AvgIpc) is 3.24. The first-order chi connectivity index (χ1) is 11.8. The van der Waals surface area contributed by atoms with Crippen LogP contribution >= 0.6 is 0 Å². The van der Waals surface area contributed by atoms with Gasteiger partial charge in [-0.15, -0.1) is 0 Å². The highest BCUT2D eigenvalue weighted by molar-refractivity contribution is 5.20. The van der Waals surface area contributed by atoms with Gasteiger partial charge in [-0.05, 0) is 43.2 Å². The van der Waals surface area contributed by atoms with Crippen LogP contribution in [0.4, 0.5) is 0 Å². The molecule has 2 fully saturated rings. The number of benzene rings is 2. The van der Waals surface area contributed by atoms with Crippen molar-refractivity contribution in [2.45, 2.75) is 50.9 Å². The van der Waals surface area contributed by atoms with Crippen LogP contribution in [0.5, 0.6) is 0 Å². The minimum atomic E-state index is 0.519. The lowest BCUT2D eigenvalue weighted by Gasteiger charge is -2.40. The second-order valence-corrected chi connectivity index (χ2v) is 7.44. The largest absolute Gasteiger partial charge is 0.311 e. The number of likely N-dealkylation sites (tertiary alicyclic amines) is 1. The first-order valence-electron chi connectivity index (χ1n) is 9.40. The van der Waals surface area contributed by atoms with Crippen LogP contribution in [0.3, 0.4) is 0 Å². The highest BCUT2D eigenvalue weighted by Gasteiger charge is 2.47. The maximum Gasteiger partial charge on any atom is 0.0326 e. The van der Waals surface area contributed by atoms with Gasteiger partial charge in [0.25, 0.3) is 0 Å². The topological polar surface area (TPSA) is 15.3 Å². The molecule has 1 saturated heterocycles. The Hall–Kier alpha value is -1.64. The van der Waals surface area contributed by atoms with Gasteiger partial charge < -0.3 is 5.32 Å². The summed E-state index contributed by atoms with van der Waals surface area (Å²) < 4.78 is 0. The Morgan fingerprint density at radius 1 is 1.00 bits per heavy atom. The van der Waals surface area contributed by atoms with Crippen molar-refractivity contribution in [3.8, 4) is 0 Å². The summed E-state index contributed by atoms with van der Waals surface area (Å²) in [6.45, 7) is 4.47. The van der Waals surface area contributed by atoms with Gasteiger partial charge in [-0.2, -0.15) is 0 Å². The Kier molecular flexibility index (Phi) is 4.68. The Morgan fingerprint density at radius 3 is 2.46 bits per heavy atom. The Bertz CT molecular complexity index is 640. The molecule has 2 heteroatoms. The summed E-state index contributed by atoms with van der Waals surface area (Å²) in [5, 5.41) is 3.72. The fraction of sp³-hybridized carbons (Fsp3) is 0.455. The minimum Gasteiger partial charge on any atom is -0.311 e. The Balaban J connectivity index is 1.43. The van der Waals surface area contributed by atoms with Crippen LogP contribution in [0, 0.1) is 5.92 Å². The third kappa shape index (κ3) is 3.13. The molecule has 0 amide bonds. The number of nitrogens with one attached hydrogen (secondary N) is 1. The fourth-order valence-corrected chi connectivity index (χ4v) is 4.87. The van der Waals surface area contributed by atoms with Gasteiger partial charge in [0.1, 0.15) is 0 Å². The van der Waals surface area contributed by atoms with E-state index < -0.39 is 0 Å². The van der Waals surface area contributed by atoms with Crippen LogP contribution < -0.4 is 5.32 Å². The van der Waals surface area contributed by atoms with Crippen molar-refractivity contribution < 1.29 is 0 Å². The van der Waals surface area contributed by atoms with E-state index in [1.807, 2.05) is 0 Å². The maximum absolute atomic E-state index is 3.72. The van der Waals surface area contributed by atoms with Crippen molar-refractivity contribution in [1.29, 1.82) is 0 Å². The molecule has 4 atom stereocenters. The third-order valence-electron chi connectivity index (χ3n) is 6.05. The van der Waals surface area contributed by atoms with Crippen molar-refractivity contribution in [1.82, 2.24) is 10.2 Å². The van der Waals surface area contributed by atoms with E-state index in [9.17, 15) is 0 Å². The van der Waals surface area contributed by atoms with Crippen molar-refractivity contribution >= 4 is 0 Å². The van der Waals surface area contributed by atoms with Crippen molar-refractivity contribution in [2.75, 3.05) is 6.54 Å². The zero-order valence-corrected chi connectivity index (χ0v) is 14.6. The smallest absolute Gasteiger partial charge is 0.0326 e. The maximum atomic E-state index is 3.72. The first kappa shape index (κ1) is 15.9. The normalized spacial score (nSPS) is 27.5. The quantitative estimate of drug-likeness (QED) is 0.849. The summed E-state index contributed by atoms with van der Waals surface area (Å²) in [5.41, 5.74) is 2.83. The number of nitrogens with zero attached hydrogens (tertiary/aromatic N) is 1. The summed E-state index contributed by atoms with van der Waals surface area (Å²) in [4.78, 5) is 2.81. The van der Waals surface area contributed by atoms with Crippen LogP contribution in [-0.4, -0.2) is 23.5 Å². The monoisotopic (exact) mass is 320 g/mol. The summed E-state index contributed by atoms with van der Waals surface area (Å²) in [6, 6.07) is 23.8. The molecule has 4 rings (SSSR count). The van der Waals surface area contributed by atoms with Gasteiger partial charge in [0.15, 0.2) is 0 Å². The number of rotatable bonds is 6. The summed E-state index contributed by atoms with van der Waals surface area (Å²) in [6.07, 6.45) is 4.20. The second-order valence-electron chi connectivity index (χ2n) is 7.44. The van der Waals surface area contributed by atoms with Gasteiger partial charge in [0.2, 0.25) is 0 Å². The van der Waals surface area contributed by atoms with Crippen molar-refractivity contribution in [3.05, 3.63) is 71.8 Å². The molecule has 1 aliphatic carbocycles. The Morgan fingerprint density at radius 2 is 1.71 bits per heavy atom. The summed E-state index contributed by atoms with van der Waals surface area (Å²) >= 11 is 0. The van der Waals surface area contributed by atoms with Crippen LogP contribution in [0.15, 0.2) is 60.7 Å². The summed E-state index contributed by atoms with van der Waals surface area (Å²) in [5.74, 6) is 0.879. The van der Waals surface area contributed by atoms with Crippen LogP contribution in [0.25, 0.3) is 0 Å². The van der Waals surface area contributed by atoms with E-state index in [0.29, 0.717) is 12.1 Å². The highest BCUT2D eigenvalue weighted by atomic mass is 15.3. The van der Waals surface area contributed by atoms with E-state index >= 15 is 0 Å². The third-order valence-corrected chi connectivity index (χ3v) is 6.05. The van der Waals surface area contributed by atoms with E-state index in [2.05, 4.69) is 77.8 Å². The van der Waals surface area contributed by atoms with E-state index in [-0.39, 0.29) is 0 Å². The molecule has 0 aromatic heterocycles. The SMILES string of the molecule is C[C@@H](c1ccccc1)N1[C@H]2CC[C@H](C2)[C@H]1CNCc1ccccc1. The average molecular weight is 320 g/mol.